The van der Waals surface area contributed by atoms with Crippen LogP contribution in [0, 0.1) is 11.8 Å². The first kappa shape index (κ1) is 13.0. The third-order valence-electron chi connectivity index (χ3n) is 2.27. The van der Waals surface area contributed by atoms with Gasteiger partial charge >= 0.3 is 0 Å². The first-order valence-corrected chi connectivity index (χ1v) is 5.03. The number of allylic oxidation sites excluding steroid dienone is 3. The summed E-state index contributed by atoms with van der Waals surface area (Å²) in [5.41, 5.74) is 2.39. The van der Waals surface area contributed by atoms with Gasteiger partial charge in [0.05, 0.1) is 7.11 Å². The van der Waals surface area contributed by atoms with Gasteiger partial charge in [0, 0.05) is 0 Å². The number of hydrogen-bond acceptors (Lipinski definition) is 1. The van der Waals surface area contributed by atoms with Crippen molar-refractivity contribution in [3.63, 3.8) is 0 Å². The van der Waals surface area contributed by atoms with Crippen molar-refractivity contribution in [3.05, 3.63) is 36.1 Å². The Balaban J connectivity index is 4.86. The molecule has 0 heterocycles. The highest BCUT2D eigenvalue weighted by atomic mass is 16.5. The SMILES string of the molecule is C=C(/C=C(\C(=C)C(C)C)C(C)C)OC. The van der Waals surface area contributed by atoms with Crippen LogP contribution < -0.4 is 0 Å². The molecule has 0 aromatic carbocycles. The molecule has 0 bridgehead atoms. The Labute approximate surface area is 88.2 Å². The Morgan fingerprint density at radius 2 is 1.57 bits per heavy atom. The van der Waals surface area contributed by atoms with Gasteiger partial charge in [-0.3, -0.25) is 0 Å². The van der Waals surface area contributed by atoms with Crippen LogP contribution in [-0.2, 0) is 4.74 Å². The fourth-order valence-electron chi connectivity index (χ4n) is 1.20. The second kappa shape index (κ2) is 5.69. The highest BCUT2D eigenvalue weighted by Gasteiger charge is 2.11. The van der Waals surface area contributed by atoms with Crippen LogP contribution in [0.2, 0.25) is 0 Å². The molecule has 0 aliphatic carbocycles. The molecule has 0 aromatic heterocycles. The van der Waals surface area contributed by atoms with E-state index >= 15 is 0 Å². The predicted molar refractivity (Wildman–Crippen MR) is 63.0 cm³/mol. The second-order valence-electron chi connectivity index (χ2n) is 4.10. The molecule has 1 nitrogen and oxygen atoms in total. The van der Waals surface area contributed by atoms with Crippen molar-refractivity contribution in [3.8, 4) is 0 Å². The Hall–Kier alpha value is -0.980. The minimum absolute atomic E-state index is 0.455. The number of hydrogen-bond donors (Lipinski definition) is 0. The van der Waals surface area contributed by atoms with Crippen LogP contribution in [-0.4, -0.2) is 7.11 Å². The topological polar surface area (TPSA) is 9.23 Å². The lowest BCUT2D eigenvalue weighted by Crippen LogP contribution is -2.03. The Morgan fingerprint density at radius 1 is 1.07 bits per heavy atom. The monoisotopic (exact) mass is 194 g/mol. The molecule has 0 atom stereocenters. The van der Waals surface area contributed by atoms with Crippen LogP contribution in [0.5, 0.6) is 0 Å². The summed E-state index contributed by atoms with van der Waals surface area (Å²) in [6.45, 7) is 16.5. The molecule has 0 rings (SSSR count). The Morgan fingerprint density at radius 3 is 1.86 bits per heavy atom. The number of ether oxygens (including phenoxy) is 1. The Kier molecular flexibility index (Phi) is 5.29. The van der Waals surface area contributed by atoms with Crippen molar-refractivity contribution in [1.29, 1.82) is 0 Å². The maximum Gasteiger partial charge on any atom is 0.111 e. The van der Waals surface area contributed by atoms with Crippen LogP contribution in [0.15, 0.2) is 36.1 Å². The molecular weight excluding hydrogens is 172 g/mol. The summed E-state index contributed by atoms with van der Waals surface area (Å²) >= 11 is 0. The summed E-state index contributed by atoms with van der Waals surface area (Å²) in [5.74, 6) is 1.61. The van der Waals surface area contributed by atoms with Crippen LogP contribution in [0.25, 0.3) is 0 Å². The molecule has 0 aliphatic heterocycles. The lowest BCUT2D eigenvalue weighted by atomic mass is 9.89. The molecule has 0 radical (unpaired) electrons. The maximum absolute atomic E-state index is 5.05. The summed E-state index contributed by atoms with van der Waals surface area (Å²) in [4.78, 5) is 0. The molecule has 0 spiro atoms. The van der Waals surface area contributed by atoms with Crippen LogP contribution in [0.3, 0.4) is 0 Å². The van der Waals surface area contributed by atoms with E-state index in [0.717, 1.165) is 0 Å². The second-order valence-corrected chi connectivity index (χ2v) is 4.10. The summed E-state index contributed by atoms with van der Waals surface area (Å²) < 4.78 is 5.05. The molecular formula is C13H22O. The highest BCUT2D eigenvalue weighted by molar-refractivity contribution is 5.35. The van der Waals surface area contributed by atoms with Gasteiger partial charge in [0.1, 0.15) is 5.76 Å². The van der Waals surface area contributed by atoms with Gasteiger partial charge in [-0.1, -0.05) is 40.9 Å². The highest BCUT2D eigenvalue weighted by Crippen LogP contribution is 2.25. The molecule has 0 aromatic rings. The van der Waals surface area contributed by atoms with Gasteiger partial charge in [0.2, 0.25) is 0 Å². The molecule has 0 amide bonds. The molecule has 0 aliphatic rings. The lowest BCUT2D eigenvalue weighted by Gasteiger charge is -2.18. The van der Waals surface area contributed by atoms with E-state index in [2.05, 4.69) is 40.9 Å². The minimum atomic E-state index is 0.455. The first-order valence-electron chi connectivity index (χ1n) is 5.03. The summed E-state index contributed by atoms with van der Waals surface area (Å²) in [6.07, 6.45) is 1.98. The summed E-state index contributed by atoms with van der Waals surface area (Å²) in [7, 11) is 1.63. The molecule has 80 valence electrons. The molecule has 0 unspecified atom stereocenters. The quantitative estimate of drug-likeness (QED) is 0.476. The smallest absolute Gasteiger partial charge is 0.111 e. The van der Waals surface area contributed by atoms with E-state index in [1.54, 1.807) is 7.11 Å². The molecule has 0 saturated heterocycles. The van der Waals surface area contributed by atoms with Crippen LogP contribution >= 0.6 is 0 Å². The van der Waals surface area contributed by atoms with E-state index in [-0.39, 0.29) is 0 Å². The van der Waals surface area contributed by atoms with E-state index in [1.165, 1.54) is 11.1 Å². The number of rotatable bonds is 5. The van der Waals surface area contributed by atoms with Gasteiger partial charge in [0.15, 0.2) is 0 Å². The zero-order valence-electron chi connectivity index (χ0n) is 10.1. The standard InChI is InChI=1S/C13H22O/c1-9(2)12(6)13(10(3)4)8-11(5)14-7/h8-10H,5-6H2,1-4,7H3/b13-8-. The fraction of sp³-hybridized carbons (Fsp3) is 0.538. The van der Waals surface area contributed by atoms with Gasteiger partial charge in [-0.25, -0.2) is 0 Å². The first-order chi connectivity index (χ1) is 6.40. The molecule has 0 saturated carbocycles. The molecule has 1 heteroatoms. The summed E-state index contributed by atoms with van der Waals surface area (Å²) in [6, 6.07) is 0. The van der Waals surface area contributed by atoms with Crippen LogP contribution in [0.4, 0.5) is 0 Å². The van der Waals surface area contributed by atoms with Crippen LogP contribution in [0.1, 0.15) is 27.7 Å². The number of methoxy groups -OCH3 is 1. The van der Waals surface area contributed by atoms with Crippen molar-refractivity contribution in [1.82, 2.24) is 0 Å². The molecule has 0 N–H and O–H groups in total. The van der Waals surface area contributed by atoms with Crippen molar-refractivity contribution in [2.75, 3.05) is 7.11 Å². The van der Waals surface area contributed by atoms with Crippen molar-refractivity contribution in [2.45, 2.75) is 27.7 Å². The zero-order chi connectivity index (χ0) is 11.3. The largest absolute Gasteiger partial charge is 0.497 e. The van der Waals surface area contributed by atoms with E-state index in [9.17, 15) is 0 Å². The van der Waals surface area contributed by atoms with Gasteiger partial charge in [-0.15, -0.1) is 0 Å². The predicted octanol–water partition coefficient (Wildman–Crippen LogP) is 3.94. The van der Waals surface area contributed by atoms with Crippen molar-refractivity contribution >= 4 is 0 Å². The van der Waals surface area contributed by atoms with Crippen molar-refractivity contribution in [2.24, 2.45) is 11.8 Å². The van der Waals surface area contributed by atoms with Gasteiger partial charge in [-0.2, -0.15) is 0 Å². The maximum atomic E-state index is 5.05. The third kappa shape index (κ3) is 3.82. The van der Waals surface area contributed by atoms with E-state index < -0.39 is 0 Å². The van der Waals surface area contributed by atoms with Gasteiger partial charge < -0.3 is 4.74 Å². The third-order valence-corrected chi connectivity index (χ3v) is 2.27. The van der Waals surface area contributed by atoms with Gasteiger partial charge in [0.25, 0.3) is 0 Å². The van der Waals surface area contributed by atoms with Gasteiger partial charge in [-0.05, 0) is 29.1 Å². The average molecular weight is 194 g/mol. The summed E-state index contributed by atoms with van der Waals surface area (Å²) in [5, 5.41) is 0. The van der Waals surface area contributed by atoms with E-state index in [4.69, 9.17) is 4.74 Å². The minimum Gasteiger partial charge on any atom is -0.497 e. The molecule has 14 heavy (non-hydrogen) atoms. The van der Waals surface area contributed by atoms with E-state index in [0.29, 0.717) is 17.6 Å². The zero-order valence-corrected chi connectivity index (χ0v) is 10.1. The fourth-order valence-corrected chi connectivity index (χ4v) is 1.20. The van der Waals surface area contributed by atoms with Crippen molar-refractivity contribution < 1.29 is 4.74 Å². The van der Waals surface area contributed by atoms with E-state index in [1.807, 2.05) is 6.08 Å². The Bertz CT molecular complexity index is 244. The lowest BCUT2D eigenvalue weighted by molar-refractivity contribution is 0.308. The normalized spacial score (nSPS) is 12.1. The average Bonchev–Trinajstić information content (AvgIpc) is 2.11. The molecule has 0 fully saturated rings.